The lowest BCUT2D eigenvalue weighted by molar-refractivity contribution is 0.0608. The van der Waals surface area contributed by atoms with Gasteiger partial charge in [-0.1, -0.05) is 0 Å². The molecule has 0 aromatic heterocycles. The molecule has 1 heterocycles. The fourth-order valence-electron chi connectivity index (χ4n) is 2.58. The first-order valence-electron chi connectivity index (χ1n) is 6.73. The van der Waals surface area contributed by atoms with Gasteiger partial charge in [-0.05, 0) is 19.4 Å². The number of benzene rings is 1. The van der Waals surface area contributed by atoms with Crippen LogP contribution in [0.4, 0.5) is 13.2 Å². The smallest absolute Gasteiger partial charge is 0.161 e. The Hall–Kier alpha value is -1.11. The first-order chi connectivity index (χ1) is 9.52. The van der Waals surface area contributed by atoms with Crippen LogP contribution in [0.3, 0.4) is 0 Å². The van der Waals surface area contributed by atoms with Gasteiger partial charge < -0.3 is 10.5 Å². The number of nitrogens with two attached hydrogens (primary N) is 1. The number of hydrogen-bond acceptors (Lipinski definition) is 3. The van der Waals surface area contributed by atoms with E-state index in [1.165, 1.54) is 0 Å². The minimum Gasteiger partial charge on any atom is -0.377 e. The Morgan fingerprint density at radius 3 is 2.70 bits per heavy atom. The molecule has 1 aromatic rings. The van der Waals surface area contributed by atoms with Crippen molar-refractivity contribution in [2.24, 2.45) is 5.73 Å². The summed E-state index contributed by atoms with van der Waals surface area (Å²) in [6, 6.07) is 0.998. The predicted molar refractivity (Wildman–Crippen MR) is 69.7 cm³/mol. The van der Waals surface area contributed by atoms with Crippen molar-refractivity contribution < 1.29 is 17.9 Å². The van der Waals surface area contributed by atoms with Crippen LogP contribution in [-0.2, 0) is 4.74 Å². The van der Waals surface area contributed by atoms with Gasteiger partial charge in [0.15, 0.2) is 11.6 Å². The fourth-order valence-corrected chi connectivity index (χ4v) is 2.58. The van der Waals surface area contributed by atoms with Crippen LogP contribution < -0.4 is 5.73 Å². The topological polar surface area (TPSA) is 38.5 Å². The van der Waals surface area contributed by atoms with Crippen LogP contribution in [0, 0.1) is 17.5 Å². The summed E-state index contributed by atoms with van der Waals surface area (Å²) in [6.07, 6.45) is 0.798. The number of halogens is 3. The summed E-state index contributed by atoms with van der Waals surface area (Å²) < 4.78 is 45.8. The third kappa shape index (κ3) is 3.31. The van der Waals surface area contributed by atoms with Crippen LogP contribution in [0.25, 0.3) is 0 Å². The van der Waals surface area contributed by atoms with Gasteiger partial charge in [-0.2, -0.15) is 0 Å². The van der Waals surface area contributed by atoms with Crippen molar-refractivity contribution in [3.63, 3.8) is 0 Å². The molecule has 2 N–H and O–H groups in total. The Balaban J connectivity index is 2.29. The largest absolute Gasteiger partial charge is 0.377 e. The van der Waals surface area contributed by atoms with Gasteiger partial charge in [0.2, 0.25) is 0 Å². The van der Waals surface area contributed by atoms with Gasteiger partial charge in [-0.25, -0.2) is 13.2 Å². The lowest BCUT2D eigenvalue weighted by atomic mass is 10.0. The van der Waals surface area contributed by atoms with E-state index in [1.54, 1.807) is 0 Å². The van der Waals surface area contributed by atoms with E-state index in [1.807, 2.05) is 11.8 Å². The summed E-state index contributed by atoms with van der Waals surface area (Å²) in [6.45, 7) is 3.96. The van der Waals surface area contributed by atoms with Crippen LogP contribution in [0.1, 0.15) is 24.9 Å². The maximum atomic E-state index is 13.9. The molecular weight excluding hydrogens is 269 g/mol. The molecule has 2 unspecified atom stereocenters. The molecule has 1 aliphatic heterocycles. The lowest BCUT2D eigenvalue weighted by Gasteiger charge is -2.31. The van der Waals surface area contributed by atoms with Crippen molar-refractivity contribution in [2.75, 3.05) is 26.2 Å². The molecule has 2 rings (SSSR count). The highest BCUT2D eigenvalue weighted by Gasteiger charge is 2.26. The number of nitrogens with zero attached hydrogens (tertiary/aromatic N) is 1. The van der Waals surface area contributed by atoms with Gasteiger partial charge in [0.1, 0.15) is 5.82 Å². The van der Waals surface area contributed by atoms with Crippen molar-refractivity contribution in [1.29, 1.82) is 0 Å². The van der Waals surface area contributed by atoms with E-state index in [0.29, 0.717) is 25.8 Å². The molecule has 0 radical (unpaired) electrons. The highest BCUT2D eigenvalue weighted by molar-refractivity contribution is 5.24. The summed E-state index contributed by atoms with van der Waals surface area (Å²) in [5.41, 5.74) is 5.82. The molecule has 6 heteroatoms. The van der Waals surface area contributed by atoms with Crippen LogP contribution in [0.5, 0.6) is 0 Å². The van der Waals surface area contributed by atoms with E-state index in [0.717, 1.165) is 12.5 Å². The Morgan fingerprint density at radius 1 is 1.30 bits per heavy atom. The maximum absolute atomic E-state index is 13.9. The molecule has 1 fully saturated rings. The molecule has 3 nitrogen and oxygen atoms in total. The maximum Gasteiger partial charge on any atom is 0.161 e. The summed E-state index contributed by atoms with van der Waals surface area (Å²) in [4.78, 5) is 1.97. The molecule has 0 bridgehead atoms. The number of rotatable bonds is 3. The molecule has 2 atom stereocenters. The van der Waals surface area contributed by atoms with Crippen molar-refractivity contribution in [3.05, 3.63) is 35.1 Å². The van der Waals surface area contributed by atoms with Crippen molar-refractivity contribution in [3.8, 4) is 0 Å². The second-order valence-corrected chi connectivity index (χ2v) is 5.07. The van der Waals surface area contributed by atoms with E-state index in [9.17, 15) is 13.2 Å². The van der Waals surface area contributed by atoms with Crippen molar-refractivity contribution >= 4 is 0 Å². The highest BCUT2D eigenvalue weighted by Crippen LogP contribution is 2.26. The standard InChI is InChI=1S/C14H19F3N2O/c1-9-8-19(3-2-4-20-9)14(7-18)10-5-12(16)13(17)6-11(10)15/h5-6,9,14H,2-4,7-8,18H2,1H3. The Morgan fingerprint density at radius 2 is 2.00 bits per heavy atom. The average Bonchev–Trinajstić information content (AvgIpc) is 2.61. The summed E-state index contributed by atoms with van der Waals surface area (Å²) >= 11 is 0. The van der Waals surface area contributed by atoms with Crippen LogP contribution in [0.2, 0.25) is 0 Å². The highest BCUT2D eigenvalue weighted by atomic mass is 19.2. The average molecular weight is 288 g/mol. The monoisotopic (exact) mass is 288 g/mol. The van der Waals surface area contributed by atoms with Gasteiger partial charge in [-0.3, -0.25) is 4.90 Å². The summed E-state index contributed by atoms with van der Waals surface area (Å²) in [5, 5.41) is 0. The summed E-state index contributed by atoms with van der Waals surface area (Å²) in [5.74, 6) is -3.01. The molecule has 1 aliphatic rings. The van der Waals surface area contributed by atoms with Gasteiger partial charge in [0.25, 0.3) is 0 Å². The molecule has 0 saturated carbocycles. The summed E-state index contributed by atoms with van der Waals surface area (Å²) in [7, 11) is 0. The van der Waals surface area contributed by atoms with Crippen LogP contribution in [0.15, 0.2) is 12.1 Å². The molecule has 112 valence electrons. The van der Waals surface area contributed by atoms with Gasteiger partial charge >= 0.3 is 0 Å². The molecule has 1 aromatic carbocycles. The minimum atomic E-state index is -1.19. The molecule has 1 saturated heterocycles. The number of hydrogen-bond donors (Lipinski definition) is 1. The minimum absolute atomic E-state index is 0.0000866. The zero-order chi connectivity index (χ0) is 14.7. The molecular formula is C14H19F3N2O. The first kappa shape index (κ1) is 15.3. The van der Waals surface area contributed by atoms with Gasteiger partial charge in [0, 0.05) is 37.9 Å². The fraction of sp³-hybridized carbons (Fsp3) is 0.571. The zero-order valence-corrected chi connectivity index (χ0v) is 11.4. The SMILES string of the molecule is CC1CN(C(CN)c2cc(F)c(F)cc2F)CCCO1. The van der Waals surface area contributed by atoms with Crippen molar-refractivity contribution in [1.82, 2.24) is 4.90 Å². The Kier molecular flexibility index (Phi) is 5.01. The second-order valence-electron chi connectivity index (χ2n) is 5.07. The van der Waals surface area contributed by atoms with Crippen molar-refractivity contribution in [2.45, 2.75) is 25.5 Å². The van der Waals surface area contributed by atoms with E-state index in [4.69, 9.17) is 10.5 Å². The quantitative estimate of drug-likeness (QED) is 0.867. The lowest BCUT2D eigenvalue weighted by Crippen LogP contribution is -2.38. The predicted octanol–water partition coefficient (Wildman–Crippen LogP) is 2.21. The first-order valence-corrected chi connectivity index (χ1v) is 6.73. The second kappa shape index (κ2) is 6.56. The van der Waals surface area contributed by atoms with E-state index in [-0.39, 0.29) is 18.2 Å². The Bertz CT molecular complexity index is 470. The molecule has 0 amide bonds. The Labute approximate surface area is 116 Å². The van der Waals surface area contributed by atoms with E-state index >= 15 is 0 Å². The van der Waals surface area contributed by atoms with Crippen LogP contribution >= 0.6 is 0 Å². The normalized spacial score (nSPS) is 22.6. The molecule has 0 aliphatic carbocycles. The third-order valence-corrected chi connectivity index (χ3v) is 3.55. The van der Waals surface area contributed by atoms with Gasteiger partial charge in [-0.15, -0.1) is 0 Å². The van der Waals surface area contributed by atoms with Crippen LogP contribution in [-0.4, -0.2) is 37.2 Å². The molecule has 20 heavy (non-hydrogen) atoms. The van der Waals surface area contributed by atoms with E-state index < -0.39 is 23.5 Å². The van der Waals surface area contributed by atoms with E-state index in [2.05, 4.69) is 0 Å². The number of ether oxygens (including phenoxy) is 1. The zero-order valence-electron chi connectivity index (χ0n) is 11.4. The third-order valence-electron chi connectivity index (χ3n) is 3.55. The molecule has 0 spiro atoms. The van der Waals surface area contributed by atoms with Gasteiger partial charge in [0.05, 0.1) is 12.1 Å².